The van der Waals surface area contributed by atoms with Crippen LogP contribution in [0.1, 0.15) is 0 Å². The molecular formula is C46H31NO. The van der Waals surface area contributed by atoms with Crippen molar-refractivity contribution in [1.82, 2.24) is 0 Å². The second-order valence-corrected chi connectivity index (χ2v) is 12.2. The molecule has 226 valence electrons. The van der Waals surface area contributed by atoms with E-state index in [1.807, 2.05) is 6.07 Å². The van der Waals surface area contributed by atoms with Crippen molar-refractivity contribution in [2.24, 2.45) is 0 Å². The first kappa shape index (κ1) is 27.9. The lowest BCUT2D eigenvalue weighted by atomic mass is 9.96. The van der Waals surface area contributed by atoms with Gasteiger partial charge >= 0.3 is 0 Å². The summed E-state index contributed by atoms with van der Waals surface area (Å²) < 4.78 is 6.74. The fraction of sp³-hybridized carbons (Fsp3) is 0. The molecule has 0 aliphatic heterocycles. The Morgan fingerprint density at radius 2 is 0.875 bits per heavy atom. The normalized spacial score (nSPS) is 11.3. The van der Waals surface area contributed by atoms with Crippen molar-refractivity contribution >= 4 is 49.8 Å². The van der Waals surface area contributed by atoms with Gasteiger partial charge in [0.05, 0.1) is 5.69 Å². The molecule has 48 heavy (non-hydrogen) atoms. The molecule has 8 aromatic carbocycles. The minimum Gasteiger partial charge on any atom is -0.455 e. The van der Waals surface area contributed by atoms with E-state index in [4.69, 9.17) is 4.42 Å². The molecule has 9 aromatic rings. The van der Waals surface area contributed by atoms with Crippen LogP contribution in [-0.4, -0.2) is 0 Å². The van der Waals surface area contributed by atoms with Crippen molar-refractivity contribution in [3.8, 4) is 33.4 Å². The Kier molecular flexibility index (Phi) is 6.84. The Bertz CT molecular complexity index is 2450. The molecule has 0 saturated carbocycles. The van der Waals surface area contributed by atoms with Crippen molar-refractivity contribution in [2.75, 3.05) is 4.90 Å². The monoisotopic (exact) mass is 613 g/mol. The zero-order valence-corrected chi connectivity index (χ0v) is 26.3. The fourth-order valence-electron chi connectivity index (χ4n) is 6.88. The first-order valence-corrected chi connectivity index (χ1v) is 16.3. The summed E-state index contributed by atoms with van der Waals surface area (Å²) in [5, 5.41) is 4.63. The summed E-state index contributed by atoms with van der Waals surface area (Å²) in [5.74, 6) is 0. The van der Waals surface area contributed by atoms with Crippen LogP contribution in [-0.2, 0) is 0 Å². The Morgan fingerprint density at radius 3 is 1.52 bits per heavy atom. The van der Waals surface area contributed by atoms with Gasteiger partial charge in [-0.3, -0.25) is 0 Å². The van der Waals surface area contributed by atoms with Gasteiger partial charge in [-0.25, -0.2) is 0 Å². The van der Waals surface area contributed by atoms with E-state index in [0.717, 1.165) is 50.1 Å². The molecular weight excluding hydrogens is 583 g/mol. The van der Waals surface area contributed by atoms with Crippen molar-refractivity contribution in [3.05, 3.63) is 188 Å². The molecule has 0 amide bonds. The van der Waals surface area contributed by atoms with Gasteiger partial charge in [-0.15, -0.1) is 0 Å². The second kappa shape index (κ2) is 11.8. The van der Waals surface area contributed by atoms with Crippen LogP contribution in [0.5, 0.6) is 0 Å². The highest BCUT2D eigenvalue weighted by Crippen LogP contribution is 2.47. The smallest absolute Gasteiger partial charge is 0.145 e. The molecule has 1 aromatic heterocycles. The summed E-state index contributed by atoms with van der Waals surface area (Å²) in [7, 11) is 0. The van der Waals surface area contributed by atoms with Gasteiger partial charge in [-0.05, 0) is 87.1 Å². The summed E-state index contributed by atoms with van der Waals surface area (Å²) >= 11 is 0. The number of benzene rings is 8. The van der Waals surface area contributed by atoms with Crippen molar-refractivity contribution in [3.63, 3.8) is 0 Å². The summed E-state index contributed by atoms with van der Waals surface area (Å²) in [6.07, 6.45) is 0. The van der Waals surface area contributed by atoms with Gasteiger partial charge in [0, 0.05) is 27.7 Å². The highest BCUT2D eigenvalue weighted by atomic mass is 16.3. The number of hydrogen-bond acceptors (Lipinski definition) is 2. The standard InChI is InChI=1S/C46H31NO/c1-3-11-32(12-4-1)35-21-25-39(26-22-35)47(40-27-23-36(24-28-40)33-13-5-2-6-14-33)43-30-29-42-41-17-9-10-18-44(41)48-46(42)45(43)38-20-19-34-15-7-8-16-37(34)31-38/h1-31H. The number of fused-ring (bicyclic) bond motifs is 4. The number of nitrogens with zero attached hydrogens (tertiary/aromatic N) is 1. The summed E-state index contributed by atoms with van der Waals surface area (Å²) in [6.45, 7) is 0. The van der Waals surface area contributed by atoms with Gasteiger partial charge in [0.2, 0.25) is 0 Å². The average molecular weight is 614 g/mol. The number of anilines is 3. The molecule has 0 N–H and O–H groups in total. The topological polar surface area (TPSA) is 16.4 Å². The van der Waals surface area contributed by atoms with Crippen LogP contribution >= 0.6 is 0 Å². The largest absolute Gasteiger partial charge is 0.455 e. The molecule has 0 aliphatic rings. The zero-order chi connectivity index (χ0) is 31.9. The van der Waals surface area contributed by atoms with Gasteiger partial charge in [0.15, 0.2) is 0 Å². The summed E-state index contributed by atoms with van der Waals surface area (Å²) in [4.78, 5) is 2.36. The third-order valence-corrected chi connectivity index (χ3v) is 9.27. The number of hydrogen-bond donors (Lipinski definition) is 0. The minimum atomic E-state index is 0.885. The predicted molar refractivity (Wildman–Crippen MR) is 202 cm³/mol. The van der Waals surface area contributed by atoms with E-state index in [9.17, 15) is 0 Å². The summed E-state index contributed by atoms with van der Waals surface area (Å²) in [5.41, 5.74) is 11.9. The molecule has 0 atom stereocenters. The Hall–Kier alpha value is -6.38. The van der Waals surface area contributed by atoms with Crippen LogP contribution in [0, 0.1) is 0 Å². The molecule has 2 nitrogen and oxygen atoms in total. The first-order chi connectivity index (χ1) is 23.8. The van der Waals surface area contributed by atoms with Gasteiger partial charge in [0.25, 0.3) is 0 Å². The van der Waals surface area contributed by atoms with Gasteiger partial charge in [-0.1, -0.05) is 140 Å². The molecule has 0 radical (unpaired) electrons. The van der Waals surface area contributed by atoms with Crippen LogP contribution in [0.3, 0.4) is 0 Å². The quantitative estimate of drug-likeness (QED) is 0.185. The predicted octanol–water partition coefficient (Wildman–Crippen LogP) is 13.2. The van der Waals surface area contributed by atoms with Gasteiger partial charge in [0.1, 0.15) is 11.2 Å². The van der Waals surface area contributed by atoms with Crippen LogP contribution in [0.2, 0.25) is 0 Å². The van der Waals surface area contributed by atoms with Crippen LogP contribution < -0.4 is 4.90 Å². The van der Waals surface area contributed by atoms with E-state index in [1.54, 1.807) is 0 Å². The SMILES string of the molecule is c1ccc(-c2ccc(N(c3ccc(-c4ccccc4)cc3)c3ccc4c(oc5ccccc54)c3-c3ccc4ccccc4c3)cc2)cc1. The van der Waals surface area contributed by atoms with E-state index >= 15 is 0 Å². The molecule has 0 aliphatic carbocycles. The molecule has 0 saturated heterocycles. The van der Waals surface area contributed by atoms with E-state index in [2.05, 4.69) is 187 Å². The van der Waals surface area contributed by atoms with Crippen molar-refractivity contribution in [2.45, 2.75) is 0 Å². The van der Waals surface area contributed by atoms with Crippen molar-refractivity contribution in [1.29, 1.82) is 0 Å². The average Bonchev–Trinajstić information content (AvgIpc) is 3.55. The third kappa shape index (κ3) is 4.92. The van der Waals surface area contributed by atoms with E-state index < -0.39 is 0 Å². The molecule has 0 fully saturated rings. The number of rotatable bonds is 6. The molecule has 9 rings (SSSR count). The maximum atomic E-state index is 6.74. The van der Waals surface area contributed by atoms with Crippen LogP contribution in [0.4, 0.5) is 17.1 Å². The number of para-hydroxylation sites is 1. The maximum absolute atomic E-state index is 6.74. The third-order valence-electron chi connectivity index (χ3n) is 9.27. The lowest BCUT2D eigenvalue weighted by Crippen LogP contribution is -2.11. The maximum Gasteiger partial charge on any atom is 0.145 e. The van der Waals surface area contributed by atoms with Crippen LogP contribution in [0.15, 0.2) is 192 Å². The first-order valence-electron chi connectivity index (χ1n) is 16.3. The van der Waals surface area contributed by atoms with Gasteiger partial charge in [-0.2, -0.15) is 0 Å². The van der Waals surface area contributed by atoms with E-state index in [-0.39, 0.29) is 0 Å². The fourth-order valence-corrected chi connectivity index (χ4v) is 6.88. The van der Waals surface area contributed by atoms with Gasteiger partial charge < -0.3 is 9.32 Å². The summed E-state index contributed by atoms with van der Waals surface area (Å²) in [6, 6.07) is 66.9. The van der Waals surface area contributed by atoms with E-state index in [0.29, 0.717) is 0 Å². The highest BCUT2D eigenvalue weighted by molar-refractivity contribution is 6.13. The van der Waals surface area contributed by atoms with Crippen LogP contribution in [0.25, 0.3) is 66.1 Å². The second-order valence-electron chi connectivity index (χ2n) is 12.2. The molecule has 2 heteroatoms. The Morgan fingerprint density at radius 1 is 0.354 bits per heavy atom. The zero-order valence-electron chi connectivity index (χ0n) is 26.3. The van der Waals surface area contributed by atoms with Crippen molar-refractivity contribution < 1.29 is 4.42 Å². The molecule has 0 spiro atoms. The number of furan rings is 1. The van der Waals surface area contributed by atoms with E-state index in [1.165, 1.54) is 33.0 Å². The Labute approximate surface area is 279 Å². The lowest BCUT2D eigenvalue weighted by Gasteiger charge is -2.28. The molecule has 0 unspecified atom stereocenters. The molecule has 0 bridgehead atoms. The Balaban J connectivity index is 1.29. The lowest BCUT2D eigenvalue weighted by molar-refractivity contribution is 0.670. The minimum absolute atomic E-state index is 0.885. The molecule has 1 heterocycles. The highest BCUT2D eigenvalue weighted by Gasteiger charge is 2.23.